The first kappa shape index (κ1) is 11.9. The van der Waals surface area contributed by atoms with E-state index in [0.29, 0.717) is 5.76 Å². The maximum absolute atomic E-state index is 8.91. The number of hydrogen-bond acceptors (Lipinski definition) is 3. The van der Waals surface area contributed by atoms with Crippen LogP contribution in [0.25, 0.3) is 11.3 Å². The van der Waals surface area contributed by atoms with E-state index in [1.807, 2.05) is 12.1 Å². The van der Waals surface area contributed by atoms with Gasteiger partial charge in [-0.2, -0.15) is 0 Å². The molecule has 1 aromatic heterocycles. The standard InChI is InChI=1S/C14H17NO2/c1-14(2,3)11-6-4-10(5-7-11)13-8-12(9-16)17-15-13/h4-8,16H,9H2,1-3H3. The first-order valence-electron chi connectivity index (χ1n) is 5.68. The van der Waals surface area contributed by atoms with Crippen LogP contribution in [-0.2, 0) is 12.0 Å². The van der Waals surface area contributed by atoms with E-state index in [9.17, 15) is 0 Å². The summed E-state index contributed by atoms with van der Waals surface area (Å²) < 4.78 is 4.97. The lowest BCUT2D eigenvalue weighted by Crippen LogP contribution is -2.10. The van der Waals surface area contributed by atoms with Gasteiger partial charge in [-0.15, -0.1) is 0 Å². The monoisotopic (exact) mass is 231 g/mol. The highest BCUT2D eigenvalue weighted by molar-refractivity contribution is 5.59. The Morgan fingerprint density at radius 3 is 2.29 bits per heavy atom. The quantitative estimate of drug-likeness (QED) is 0.863. The normalized spacial score (nSPS) is 11.8. The number of aliphatic hydroxyl groups excluding tert-OH is 1. The predicted octanol–water partition coefficient (Wildman–Crippen LogP) is 3.13. The van der Waals surface area contributed by atoms with Gasteiger partial charge in [0.15, 0.2) is 5.76 Å². The minimum absolute atomic E-state index is 0.118. The molecule has 2 aromatic rings. The third-order valence-corrected chi connectivity index (χ3v) is 2.76. The van der Waals surface area contributed by atoms with Gasteiger partial charge in [0.05, 0.1) is 0 Å². The molecular formula is C14H17NO2. The molecule has 0 spiro atoms. The molecule has 0 aliphatic carbocycles. The molecule has 3 heteroatoms. The fourth-order valence-corrected chi connectivity index (χ4v) is 1.66. The van der Waals surface area contributed by atoms with E-state index in [1.54, 1.807) is 6.07 Å². The summed E-state index contributed by atoms with van der Waals surface area (Å²) in [6.45, 7) is 6.43. The Bertz CT molecular complexity index is 492. The van der Waals surface area contributed by atoms with Crippen LogP contribution in [0.5, 0.6) is 0 Å². The minimum Gasteiger partial charge on any atom is -0.388 e. The minimum atomic E-state index is -0.118. The molecular weight excluding hydrogens is 214 g/mol. The van der Waals surface area contributed by atoms with Crippen LogP contribution < -0.4 is 0 Å². The van der Waals surface area contributed by atoms with Gasteiger partial charge in [-0.05, 0) is 11.0 Å². The van der Waals surface area contributed by atoms with E-state index in [0.717, 1.165) is 11.3 Å². The molecule has 0 amide bonds. The molecule has 1 N–H and O–H groups in total. The smallest absolute Gasteiger partial charge is 0.162 e. The van der Waals surface area contributed by atoms with Gasteiger partial charge in [-0.1, -0.05) is 50.2 Å². The lowest BCUT2D eigenvalue weighted by molar-refractivity contribution is 0.229. The van der Waals surface area contributed by atoms with Crippen molar-refractivity contribution in [3.8, 4) is 11.3 Å². The summed E-state index contributed by atoms with van der Waals surface area (Å²) in [6, 6.07) is 10.0. The van der Waals surface area contributed by atoms with Gasteiger partial charge in [-0.3, -0.25) is 0 Å². The zero-order valence-electron chi connectivity index (χ0n) is 10.4. The van der Waals surface area contributed by atoms with Gasteiger partial charge in [0.1, 0.15) is 12.3 Å². The Kier molecular flexibility index (Phi) is 3.03. The van der Waals surface area contributed by atoms with E-state index >= 15 is 0 Å². The van der Waals surface area contributed by atoms with Crippen LogP contribution in [0.15, 0.2) is 34.9 Å². The zero-order chi connectivity index (χ0) is 12.5. The van der Waals surface area contributed by atoms with Crippen molar-refractivity contribution in [1.29, 1.82) is 0 Å². The molecule has 0 radical (unpaired) electrons. The highest BCUT2D eigenvalue weighted by Gasteiger charge is 2.13. The second-order valence-corrected chi connectivity index (χ2v) is 5.16. The maximum atomic E-state index is 8.91. The fraction of sp³-hybridized carbons (Fsp3) is 0.357. The van der Waals surface area contributed by atoms with Crippen molar-refractivity contribution in [2.24, 2.45) is 0 Å². The Labute approximate surface area is 101 Å². The van der Waals surface area contributed by atoms with E-state index < -0.39 is 0 Å². The molecule has 0 aliphatic rings. The summed E-state index contributed by atoms with van der Waals surface area (Å²) in [7, 11) is 0. The van der Waals surface area contributed by atoms with Gasteiger partial charge in [0.2, 0.25) is 0 Å². The molecule has 0 atom stereocenters. The Morgan fingerprint density at radius 2 is 1.82 bits per heavy atom. The number of rotatable bonds is 2. The molecule has 0 fully saturated rings. The van der Waals surface area contributed by atoms with Crippen LogP contribution in [0, 0.1) is 0 Å². The van der Waals surface area contributed by atoms with Crippen molar-refractivity contribution in [2.75, 3.05) is 0 Å². The number of aliphatic hydroxyl groups is 1. The molecule has 1 aromatic carbocycles. The van der Waals surface area contributed by atoms with Crippen LogP contribution >= 0.6 is 0 Å². The van der Waals surface area contributed by atoms with Crippen LogP contribution in [0.4, 0.5) is 0 Å². The molecule has 90 valence electrons. The Hall–Kier alpha value is -1.61. The summed E-state index contributed by atoms with van der Waals surface area (Å²) in [5.41, 5.74) is 3.20. The number of aromatic nitrogens is 1. The molecule has 0 saturated carbocycles. The maximum Gasteiger partial charge on any atom is 0.162 e. The van der Waals surface area contributed by atoms with Crippen LogP contribution in [0.1, 0.15) is 32.1 Å². The summed E-state index contributed by atoms with van der Waals surface area (Å²) >= 11 is 0. The van der Waals surface area contributed by atoms with E-state index in [-0.39, 0.29) is 12.0 Å². The van der Waals surface area contributed by atoms with E-state index in [2.05, 4.69) is 38.1 Å². The van der Waals surface area contributed by atoms with Crippen molar-refractivity contribution >= 4 is 0 Å². The summed E-state index contributed by atoms with van der Waals surface area (Å²) in [5, 5.41) is 12.8. The molecule has 3 nitrogen and oxygen atoms in total. The predicted molar refractivity (Wildman–Crippen MR) is 66.6 cm³/mol. The van der Waals surface area contributed by atoms with Crippen LogP contribution in [0.2, 0.25) is 0 Å². The lowest BCUT2D eigenvalue weighted by atomic mass is 9.86. The van der Waals surface area contributed by atoms with Crippen molar-refractivity contribution in [3.05, 3.63) is 41.7 Å². The average Bonchev–Trinajstić information content (AvgIpc) is 2.76. The molecule has 0 aliphatic heterocycles. The largest absolute Gasteiger partial charge is 0.388 e. The Morgan fingerprint density at radius 1 is 1.18 bits per heavy atom. The molecule has 1 heterocycles. The first-order valence-corrected chi connectivity index (χ1v) is 5.68. The zero-order valence-corrected chi connectivity index (χ0v) is 10.4. The number of benzene rings is 1. The van der Waals surface area contributed by atoms with Gasteiger partial charge in [0.25, 0.3) is 0 Å². The Balaban J connectivity index is 2.29. The summed E-state index contributed by atoms with van der Waals surface area (Å²) in [4.78, 5) is 0. The molecule has 0 unspecified atom stereocenters. The lowest BCUT2D eigenvalue weighted by Gasteiger charge is -2.18. The van der Waals surface area contributed by atoms with E-state index in [4.69, 9.17) is 9.63 Å². The van der Waals surface area contributed by atoms with Crippen molar-refractivity contribution in [1.82, 2.24) is 5.16 Å². The number of nitrogens with zero attached hydrogens (tertiary/aromatic N) is 1. The average molecular weight is 231 g/mol. The van der Waals surface area contributed by atoms with Crippen LogP contribution in [0.3, 0.4) is 0 Å². The second kappa shape index (κ2) is 4.34. The van der Waals surface area contributed by atoms with Gasteiger partial charge in [0, 0.05) is 11.6 Å². The topological polar surface area (TPSA) is 46.3 Å². The SMILES string of the molecule is CC(C)(C)c1ccc(-c2cc(CO)on2)cc1. The summed E-state index contributed by atoms with van der Waals surface area (Å²) in [5.74, 6) is 0.486. The molecule has 2 rings (SSSR count). The second-order valence-electron chi connectivity index (χ2n) is 5.16. The van der Waals surface area contributed by atoms with Crippen molar-refractivity contribution < 1.29 is 9.63 Å². The number of hydrogen-bond donors (Lipinski definition) is 1. The third kappa shape index (κ3) is 2.56. The van der Waals surface area contributed by atoms with E-state index in [1.165, 1.54) is 5.56 Å². The van der Waals surface area contributed by atoms with Crippen molar-refractivity contribution in [3.63, 3.8) is 0 Å². The van der Waals surface area contributed by atoms with Crippen LogP contribution in [-0.4, -0.2) is 10.3 Å². The van der Waals surface area contributed by atoms with Gasteiger partial charge < -0.3 is 9.63 Å². The van der Waals surface area contributed by atoms with Gasteiger partial charge >= 0.3 is 0 Å². The molecule has 0 bridgehead atoms. The van der Waals surface area contributed by atoms with Gasteiger partial charge in [-0.25, -0.2) is 0 Å². The molecule has 17 heavy (non-hydrogen) atoms. The first-order chi connectivity index (χ1) is 8.00. The molecule has 0 saturated heterocycles. The highest BCUT2D eigenvalue weighted by Crippen LogP contribution is 2.25. The summed E-state index contributed by atoms with van der Waals surface area (Å²) in [6.07, 6.45) is 0. The highest BCUT2D eigenvalue weighted by atomic mass is 16.5. The fourth-order valence-electron chi connectivity index (χ4n) is 1.66. The third-order valence-electron chi connectivity index (χ3n) is 2.76. The van der Waals surface area contributed by atoms with Crippen molar-refractivity contribution in [2.45, 2.75) is 32.8 Å².